The molecule has 7 heteroatoms. The maximum atomic E-state index is 13.1. The molecule has 0 fully saturated rings. The number of thiazole rings is 1. The Labute approximate surface area is 153 Å². The van der Waals surface area contributed by atoms with Crippen molar-refractivity contribution in [1.29, 1.82) is 0 Å². The Kier molecular flexibility index (Phi) is 5.38. The normalized spacial score (nSPS) is 10.4. The number of anilines is 1. The van der Waals surface area contributed by atoms with Gasteiger partial charge in [-0.25, -0.2) is 9.37 Å². The summed E-state index contributed by atoms with van der Waals surface area (Å²) in [6, 6.07) is 14.8. The van der Waals surface area contributed by atoms with Gasteiger partial charge in [0.05, 0.1) is 10.6 Å². The molecule has 0 radical (unpaired) electrons. The first-order chi connectivity index (χ1) is 12.5. The van der Waals surface area contributed by atoms with Crippen LogP contribution >= 0.6 is 11.3 Å². The molecule has 0 aliphatic heterocycles. The van der Waals surface area contributed by atoms with Crippen molar-refractivity contribution in [2.75, 3.05) is 11.9 Å². The summed E-state index contributed by atoms with van der Waals surface area (Å²) < 4.78 is 18.3. The van der Waals surface area contributed by atoms with Crippen LogP contribution in [0, 0.1) is 5.82 Å². The van der Waals surface area contributed by atoms with Crippen LogP contribution in [-0.2, 0) is 4.79 Å². The summed E-state index contributed by atoms with van der Waals surface area (Å²) in [6.45, 7) is 1.16. The Morgan fingerprint density at radius 3 is 2.62 bits per heavy atom. The summed E-state index contributed by atoms with van der Waals surface area (Å²) in [4.78, 5) is 28.8. The van der Waals surface area contributed by atoms with Crippen LogP contribution in [0.1, 0.15) is 16.6 Å². The summed E-state index contributed by atoms with van der Waals surface area (Å²) >= 11 is 1.11. The molecule has 132 valence electrons. The minimum Gasteiger partial charge on any atom is -0.484 e. The van der Waals surface area contributed by atoms with E-state index >= 15 is 0 Å². The van der Waals surface area contributed by atoms with Gasteiger partial charge >= 0.3 is 0 Å². The summed E-state index contributed by atoms with van der Waals surface area (Å²) in [5.41, 5.74) is 1.33. The number of halogens is 1. The fraction of sp³-hybridized carbons (Fsp3) is 0.105. The van der Waals surface area contributed by atoms with Gasteiger partial charge in [-0.2, -0.15) is 0 Å². The van der Waals surface area contributed by atoms with Crippen LogP contribution in [0.5, 0.6) is 5.75 Å². The van der Waals surface area contributed by atoms with E-state index in [0.717, 1.165) is 16.9 Å². The van der Waals surface area contributed by atoms with E-state index in [-0.39, 0.29) is 18.1 Å². The van der Waals surface area contributed by atoms with Crippen LogP contribution in [-0.4, -0.2) is 23.3 Å². The Balaban J connectivity index is 1.71. The van der Waals surface area contributed by atoms with Gasteiger partial charge in [-0.15, -0.1) is 0 Å². The maximum Gasteiger partial charge on any atom is 0.264 e. The fourth-order valence-electron chi connectivity index (χ4n) is 2.26. The van der Waals surface area contributed by atoms with Crippen molar-refractivity contribution in [1.82, 2.24) is 4.98 Å². The first-order valence-corrected chi connectivity index (χ1v) is 8.60. The van der Waals surface area contributed by atoms with Crippen LogP contribution in [0.15, 0.2) is 54.6 Å². The van der Waals surface area contributed by atoms with Gasteiger partial charge < -0.3 is 4.74 Å². The molecule has 26 heavy (non-hydrogen) atoms. The lowest BCUT2D eigenvalue weighted by atomic mass is 10.1. The van der Waals surface area contributed by atoms with Crippen LogP contribution < -0.4 is 10.1 Å². The fourth-order valence-corrected chi connectivity index (χ4v) is 3.16. The second-order valence-electron chi connectivity index (χ2n) is 5.41. The molecule has 2 aromatic carbocycles. The molecule has 5 nitrogen and oxygen atoms in total. The minimum atomic E-state index is -0.447. The summed E-state index contributed by atoms with van der Waals surface area (Å²) in [6.07, 6.45) is 0. The molecular formula is C19H15FN2O3S. The van der Waals surface area contributed by atoms with Gasteiger partial charge in [0, 0.05) is 18.6 Å². The lowest BCUT2D eigenvalue weighted by Crippen LogP contribution is -2.20. The van der Waals surface area contributed by atoms with Gasteiger partial charge in [-0.1, -0.05) is 47.7 Å². The molecule has 0 bridgehead atoms. The molecule has 0 saturated carbocycles. The third-order valence-corrected chi connectivity index (χ3v) is 4.48. The zero-order valence-electron chi connectivity index (χ0n) is 13.9. The number of Topliss-reactive ketones (excluding diaryl/α,β-unsaturated/α-hetero) is 1. The number of carbonyl (C=O) groups excluding carboxylic acids is 2. The third-order valence-electron chi connectivity index (χ3n) is 3.41. The molecule has 3 rings (SSSR count). The van der Waals surface area contributed by atoms with Crippen molar-refractivity contribution in [2.45, 2.75) is 6.92 Å². The molecule has 0 atom stereocenters. The largest absolute Gasteiger partial charge is 0.484 e. The van der Waals surface area contributed by atoms with Gasteiger partial charge in [-0.3, -0.25) is 14.9 Å². The highest BCUT2D eigenvalue weighted by Gasteiger charge is 2.18. The maximum absolute atomic E-state index is 13.1. The molecule has 3 aromatic rings. The Morgan fingerprint density at radius 1 is 1.15 bits per heavy atom. The number of benzene rings is 2. The molecular weight excluding hydrogens is 355 g/mol. The van der Waals surface area contributed by atoms with Gasteiger partial charge in [0.2, 0.25) is 0 Å². The minimum absolute atomic E-state index is 0.127. The van der Waals surface area contributed by atoms with Crippen molar-refractivity contribution >= 4 is 28.2 Å². The topological polar surface area (TPSA) is 68.3 Å². The number of amides is 1. The number of ether oxygens (including phenoxy) is 1. The van der Waals surface area contributed by atoms with E-state index in [1.54, 1.807) is 6.07 Å². The quantitative estimate of drug-likeness (QED) is 0.661. The number of carbonyl (C=O) groups is 2. The lowest BCUT2D eigenvalue weighted by Gasteiger charge is -2.05. The summed E-state index contributed by atoms with van der Waals surface area (Å²) in [5, 5.41) is 2.92. The van der Waals surface area contributed by atoms with Crippen LogP contribution in [0.3, 0.4) is 0 Å². The number of rotatable bonds is 6. The second kappa shape index (κ2) is 7.88. The van der Waals surface area contributed by atoms with E-state index < -0.39 is 11.7 Å². The first kappa shape index (κ1) is 17.8. The summed E-state index contributed by atoms with van der Waals surface area (Å²) in [7, 11) is 0. The van der Waals surface area contributed by atoms with Gasteiger partial charge in [0.1, 0.15) is 11.6 Å². The van der Waals surface area contributed by atoms with Crippen molar-refractivity contribution < 1.29 is 18.7 Å². The van der Waals surface area contributed by atoms with Crippen LogP contribution in [0.4, 0.5) is 9.52 Å². The van der Waals surface area contributed by atoms with Gasteiger partial charge in [-0.05, 0) is 12.1 Å². The van der Waals surface area contributed by atoms with E-state index in [2.05, 4.69) is 10.3 Å². The number of hydrogen-bond acceptors (Lipinski definition) is 5. The predicted octanol–water partition coefficient (Wildman–Crippen LogP) is 4.17. The van der Waals surface area contributed by atoms with E-state index in [4.69, 9.17) is 4.74 Å². The average molecular weight is 370 g/mol. The number of nitrogens with one attached hydrogen (secondary N) is 1. The van der Waals surface area contributed by atoms with Crippen molar-refractivity contribution in [3.63, 3.8) is 0 Å². The van der Waals surface area contributed by atoms with Gasteiger partial charge in [0.15, 0.2) is 17.5 Å². The Bertz CT molecular complexity index is 941. The molecule has 0 saturated heterocycles. The molecule has 1 N–H and O–H groups in total. The van der Waals surface area contributed by atoms with Crippen molar-refractivity contribution in [3.05, 3.63) is 65.3 Å². The van der Waals surface area contributed by atoms with Crippen LogP contribution in [0.25, 0.3) is 11.3 Å². The Hall–Kier alpha value is -3.06. The second-order valence-corrected chi connectivity index (χ2v) is 6.41. The van der Waals surface area contributed by atoms with E-state index in [1.807, 2.05) is 30.3 Å². The van der Waals surface area contributed by atoms with E-state index in [0.29, 0.717) is 15.7 Å². The molecule has 1 aromatic heterocycles. The lowest BCUT2D eigenvalue weighted by molar-refractivity contribution is -0.118. The highest BCUT2D eigenvalue weighted by Crippen LogP contribution is 2.31. The number of nitrogens with zero attached hydrogens (tertiary/aromatic N) is 1. The van der Waals surface area contributed by atoms with E-state index in [1.165, 1.54) is 25.1 Å². The average Bonchev–Trinajstić information content (AvgIpc) is 3.05. The Morgan fingerprint density at radius 2 is 1.92 bits per heavy atom. The number of aromatic nitrogens is 1. The molecule has 0 unspecified atom stereocenters. The van der Waals surface area contributed by atoms with Crippen molar-refractivity contribution in [3.8, 4) is 17.0 Å². The molecule has 0 spiro atoms. The molecule has 1 heterocycles. The highest BCUT2D eigenvalue weighted by molar-refractivity contribution is 7.18. The zero-order valence-corrected chi connectivity index (χ0v) is 14.7. The SMILES string of the molecule is CC(=O)c1sc(NC(=O)COc2cccc(F)c2)nc1-c1ccccc1. The molecule has 0 aliphatic carbocycles. The smallest absolute Gasteiger partial charge is 0.264 e. The molecule has 1 amide bonds. The molecule has 0 aliphatic rings. The first-order valence-electron chi connectivity index (χ1n) is 7.78. The van der Waals surface area contributed by atoms with Crippen molar-refractivity contribution in [2.24, 2.45) is 0 Å². The standard InChI is InChI=1S/C19H15FN2O3S/c1-12(23)18-17(13-6-3-2-4-7-13)22-19(26-18)21-16(24)11-25-15-9-5-8-14(20)10-15/h2-10H,11H2,1H3,(H,21,22,24). The predicted molar refractivity (Wildman–Crippen MR) is 98.1 cm³/mol. The number of ketones is 1. The highest BCUT2D eigenvalue weighted by atomic mass is 32.1. The zero-order chi connectivity index (χ0) is 18.5. The van der Waals surface area contributed by atoms with Gasteiger partial charge in [0.25, 0.3) is 5.91 Å². The van der Waals surface area contributed by atoms with Crippen LogP contribution in [0.2, 0.25) is 0 Å². The number of hydrogen-bond donors (Lipinski definition) is 1. The van der Waals surface area contributed by atoms with E-state index in [9.17, 15) is 14.0 Å². The third kappa shape index (κ3) is 4.31. The summed E-state index contributed by atoms with van der Waals surface area (Å²) in [5.74, 6) is -0.759. The monoisotopic (exact) mass is 370 g/mol.